The van der Waals surface area contributed by atoms with Gasteiger partial charge < -0.3 is 10.8 Å². The molecule has 0 fully saturated rings. The minimum Gasteiger partial charge on any atom is -0.387 e. The van der Waals surface area contributed by atoms with Gasteiger partial charge in [0.1, 0.15) is 12.7 Å². The molecule has 2 rings (SSSR count). The van der Waals surface area contributed by atoms with Crippen LogP contribution in [0.25, 0.3) is 5.69 Å². The van der Waals surface area contributed by atoms with Crippen molar-refractivity contribution in [3.63, 3.8) is 0 Å². The van der Waals surface area contributed by atoms with Crippen molar-refractivity contribution in [2.75, 3.05) is 6.54 Å². The Labute approximate surface area is 87.2 Å². The summed E-state index contributed by atoms with van der Waals surface area (Å²) in [5, 5.41) is 17.2. The molecule has 78 valence electrons. The largest absolute Gasteiger partial charge is 0.387 e. The Morgan fingerprint density at radius 3 is 2.60 bits per heavy atom. The van der Waals surface area contributed by atoms with Crippen LogP contribution < -0.4 is 5.73 Å². The Morgan fingerprint density at radius 1 is 1.27 bits per heavy atom. The van der Waals surface area contributed by atoms with Crippen LogP contribution in [0.1, 0.15) is 11.7 Å². The molecule has 0 radical (unpaired) electrons. The lowest BCUT2D eigenvalue weighted by molar-refractivity contribution is 0.186. The maximum Gasteiger partial charge on any atom is 0.123 e. The number of hydrogen-bond donors (Lipinski definition) is 2. The third kappa shape index (κ3) is 1.88. The number of benzene rings is 1. The summed E-state index contributed by atoms with van der Waals surface area (Å²) in [5.74, 6) is 0. The number of rotatable bonds is 3. The molecule has 1 atom stereocenters. The highest BCUT2D eigenvalue weighted by atomic mass is 16.3. The van der Waals surface area contributed by atoms with Gasteiger partial charge in [0.05, 0.1) is 11.8 Å². The van der Waals surface area contributed by atoms with Gasteiger partial charge in [-0.15, -0.1) is 10.2 Å². The summed E-state index contributed by atoms with van der Waals surface area (Å²) in [4.78, 5) is 0. The zero-order chi connectivity index (χ0) is 10.7. The lowest BCUT2D eigenvalue weighted by Crippen LogP contribution is -2.13. The highest BCUT2D eigenvalue weighted by Crippen LogP contribution is 2.20. The quantitative estimate of drug-likeness (QED) is 0.751. The van der Waals surface area contributed by atoms with E-state index in [1.54, 1.807) is 17.2 Å². The predicted octanol–water partition coefficient (Wildman–Crippen LogP) is 0.259. The summed E-state index contributed by atoms with van der Waals surface area (Å²) in [7, 11) is 0. The van der Waals surface area contributed by atoms with Gasteiger partial charge in [-0.1, -0.05) is 18.2 Å². The first-order valence-electron chi connectivity index (χ1n) is 4.65. The Bertz CT molecular complexity index is 427. The SMILES string of the molecule is NCC(O)c1ccccc1-n1cnnc1. The lowest BCUT2D eigenvalue weighted by Gasteiger charge is -2.13. The summed E-state index contributed by atoms with van der Waals surface area (Å²) < 4.78 is 1.74. The highest BCUT2D eigenvalue weighted by molar-refractivity contribution is 5.42. The van der Waals surface area contributed by atoms with Crippen LogP contribution >= 0.6 is 0 Å². The smallest absolute Gasteiger partial charge is 0.123 e. The van der Waals surface area contributed by atoms with Crippen LogP contribution in [0.2, 0.25) is 0 Å². The van der Waals surface area contributed by atoms with E-state index >= 15 is 0 Å². The molecule has 0 saturated carbocycles. The topological polar surface area (TPSA) is 77.0 Å². The van der Waals surface area contributed by atoms with E-state index in [1.165, 1.54) is 0 Å². The summed E-state index contributed by atoms with van der Waals surface area (Å²) in [6, 6.07) is 7.48. The van der Waals surface area contributed by atoms with Gasteiger partial charge in [0.2, 0.25) is 0 Å². The third-order valence-electron chi connectivity index (χ3n) is 2.22. The van der Waals surface area contributed by atoms with Gasteiger partial charge in [0.25, 0.3) is 0 Å². The zero-order valence-electron chi connectivity index (χ0n) is 8.11. The summed E-state index contributed by atoms with van der Waals surface area (Å²) in [6.07, 6.45) is 2.51. The summed E-state index contributed by atoms with van der Waals surface area (Å²) in [6.45, 7) is 0.194. The number of nitrogens with two attached hydrogens (primary N) is 1. The molecule has 2 aromatic rings. The molecule has 1 aromatic heterocycles. The molecular formula is C10H12N4O. The predicted molar refractivity (Wildman–Crippen MR) is 55.4 cm³/mol. The second-order valence-corrected chi connectivity index (χ2v) is 3.18. The van der Waals surface area contributed by atoms with Crippen molar-refractivity contribution < 1.29 is 5.11 Å². The lowest BCUT2D eigenvalue weighted by atomic mass is 10.1. The summed E-state index contributed by atoms with van der Waals surface area (Å²) in [5.41, 5.74) is 7.06. The molecular weight excluding hydrogens is 192 g/mol. The second-order valence-electron chi connectivity index (χ2n) is 3.18. The van der Waals surface area contributed by atoms with Gasteiger partial charge in [-0.2, -0.15) is 0 Å². The molecule has 5 heteroatoms. The fraction of sp³-hybridized carbons (Fsp3) is 0.200. The fourth-order valence-electron chi connectivity index (χ4n) is 1.46. The van der Waals surface area contributed by atoms with E-state index in [1.807, 2.05) is 24.3 Å². The highest BCUT2D eigenvalue weighted by Gasteiger charge is 2.11. The molecule has 15 heavy (non-hydrogen) atoms. The number of aliphatic hydroxyl groups is 1. The molecule has 0 spiro atoms. The molecule has 0 aliphatic carbocycles. The Morgan fingerprint density at radius 2 is 1.93 bits per heavy atom. The molecule has 1 aromatic carbocycles. The molecule has 1 heterocycles. The van der Waals surface area contributed by atoms with Gasteiger partial charge in [-0.3, -0.25) is 4.57 Å². The molecule has 3 N–H and O–H groups in total. The summed E-state index contributed by atoms with van der Waals surface area (Å²) >= 11 is 0. The number of hydrogen-bond acceptors (Lipinski definition) is 4. The van der Waals surface area contributed by atoms with Gasteiger partial charge in [-0.05, 0) is 6.07 Å². The average Bonchev–Trinajstić information content (AvgIpc) is 2.81. The van der Waals surface area contributed by atoms with Crippen molar-refractivity contribution in [2.45, 2.75) is 6.10 Å². The van der Waals surface area contributed by atoms with Gasteiger partial charge in [0, 0.05) is 12.1 Å². The maximum atomic E-state index is 9.73. The van der Waals surface area contributed by atoms with Gasteiger partial charge in [0.15, 0.2) is 0 Å². The molecule has 1 unspecified atom stereocenters. The standard InChI is InChI=1S/C10H12N4O/c11-5-10(15)8-3-1-2-4-9(8)14-6-12-13-7-14/h1-4,6-7,10,15H,5,11H2. The first-order valence-corrected chi connectivity index (χ1v) is 4.65. The van der Waals surface area contributed by atoms with Crippen molar-refractivity contribution in [3.05, 3.63) is 42.5 Å². The van der Waals surface area contributed by atoms with Crippen molar-refractivity contribution >= 4 is 0 Å². The Balaban J connectivity index is 2.47. The van der Waals surface area contributed by atoms with E-state index in [4.69, 9.17) is 5.73 Å². The number of aromatic nitrogens is 3. The molecule has 0 aliphatic rings. The minimum atomic E-state index is -0.663. The first-order chi connectivity index (χ1) is 7.33. The van der Waals surface area contributed by atoms with Crippen LogP contribution in [-0.2, 0) is 0 Å². The van der Waals surface area contributed by atoms with E-state index in [0.717, 1.165) is 11.3 Å². The van der Waals surface area contributed by atoms with Crippen LogP contribution in [0, 0.1) is 0 Å². The van der Waals surface area contributed by atoms with Crippen molar-refractivity contribution in [2.24, 2.45) is 5.73 Å². The van der Waals surface area contributed by atoms with E-state index in [9.17, 15) is 5.11 Å². The maximum absolute atomic E-state index is 9.73. The van der Waals surface area contributed by atoms with E-state index in [-0.39, 0.29) is 6.54 Å². The van der Waals surface area contributed by atoms with E-state index in [0.29, 0.717) is 0 Å². The fourth-order valence-corrected chi connectivity index (χ4v) is 1.46. The van der Waals surface area contributed by atoms with Crippen molar-refractivity contribution in [1.82, 2.24) is 14.8 Å². The zero-order valence-corrected chi connectivity index (χ0v) is 8.11. The number of aliphatic hydroxyl groups excluding tert-OH is 1. The molecule has 5 nitrogen and oxygen atoms in total. The monoisotopic (exact) mass is 204 g/mol. The normalized spacial score (nSPS) is 12.7. The molecule has 0 amide bonds. The van der Waals surface area contributed by atoms with Crippen LogP contribution in [0.4, 0.5) is 0 Å². The van der Waals surface area contributed by atoms with Crippen LogP contribution in [0.15, 0.2) is 36.9 Å². The van der Waals surface area contributed by atoms with Crippen molar-refractivity contribution in [3.8, 4) is 5.69 Å². The Kier molecular flexibility index (Phi) is 2.75. The van der Waals surface area contributed by atoms with Crippen LogP contribution in [-0.4, -0.2) is 26.4 Å². The number of para-hydroxylation sites is 1. The molecule has 0 bridgehead atoms. The van der Waals surface area contributed by atoms with E-state index < -0.39 is 6.10 Å². The van der Waals surface area contributed by atoms with Gasteiger partial charge in [-0.25, -0.2) is 0 Å². The number of nitrogens with zero attached hydrogens (tertiary/aromatic N) is 3. The van der Waals surface area contributed by atoms with E-state index in [2.05, 4.69) is 10.2 Å². The third-order valence-corrected chi connectivity index (χ3v) is 2.22. The average molecular weight is 204 g/mol. The van der Waals surface area contributed by atoms with Crippen LogP contribution in [0.5, 0.6) is 0 Å². The molecule has 0 saturated heterocycles. The second kappa shape index (κ2) is 4.20. The van der Waals surface area contributed by atoms with Gasteiger partial charge >= 0.3 is 0 Å². The van der Waals surface area contributed by atoms with Crippen LogP contribution in [0.3, 0.4) is 0 Å². The minimum absolute atomic E-state index is 0.194. The first kappa shape index (κ1) is 9.82. The molecule has 0 aliphatic heterocycles. The Hall–Kier alpha value is -1.72. The van der Waals surface area contributed by atoms with Crippen molar-refractivity contribution in [1.29, 1.82) is 0 Å².